The van der Waals surface area contributed by atoms with E-state index in [1.807, 2.05) is 6.92 Å². The SMILES string of the molecule is CC[C@@H]1C[C@]1(N)C(=O)NS(=O)(=O)C1(C)CC1.Cl. The second kappa shape index (κ2) is 4.10. The Kier molecular flexibility index (Phi) is 3.55. The minimum absolute atomic E-state index is 0. The Bertz CT molecular complexity index is 433. The van der Waals surface area contributed by atoms with E-state index in [0.29, 0.717) is 19.3 Å². The summed E-state index contributed by atoms with van der Waals surface area (Å²) in [6.45, 7) is 3.60. The Balaban J connectivity index is 0.00000144. The molecule has 2 aliphatic carbocycles. The molecule has 0 aliphatic heterocycles. The summed E-state index contributed by atoms with van der Waals surface area (Å²) in [5.74, 6) is -0.415. The van der Waals surface area contributed by atoms with Crippen molar-refractivity contribution in [2.75, 3.05) is 0 Å². The molecule has 2 rings (SSSR count). The number of rotatable bonds is 4. The van der Waals surface area contributed by atoms with Crippen molar-refractivity contribution in [3.05, 3.63) is 0 Å². The zero-order chi connectivity index (χ0) is 12.2. The predicted molar refractivity (Wildman–Crippen MR) is 67.3 cm³/mol. The molecule has 0 aromatic heterocycles. The molecule has 0 unspecified atom stereocenters. The van der Waals surface area contributed by atoms with E-state index >= 15 is 0 Å². The van der Waals surface area contributed by atoms with Crippen LogP contribution in [0, 0.1) is 5.92 Å². The number of halogens is 1. The number of carbonyl (C=O) groups is 1. The zero-order valence-electron chi connectivity index (χ0n) is 10.0. The lowest BCUT2D eigenvalue weighted by Gasteiger charge is -2.15. The van der Waals surface area contributed by atoms with Crippen molar-refractivity contribution >= 4 is 28.3 Å². The van der Waals surface area contributed by atoms with Gasteiger partial charge in [0.1, 0.15) is 0 Å². The van der Waals surface area contributed by atoms with Crippen LogP contribution in [-0.2, 0) is 14.8 Å². The summed E-state index contributed by atoms with van der Waals surface area (Å²) in [5.41, 5.74) is 4.89. The van der Waals surface area contributed by atoms with Crippen LogP contribution in [0.3, 0.4) is 0 Å². The molecular formula is C10H19ClN2O3S. The highest BCUT2D eigenvalue weighted by atomic mass is 35.5. The standard InChI is InChI=1S/C10H18N2O3S.ClH/c1-3-7-6-10(7,11)8(13)12-16(14,15)9(2)4-5-9;/h7H,3-6,11H2,1-2H3,(H,12,13);1H/t7-,10-;/m1./s1. The summed E-state index contributed by atoms with van der Waals surface area (Å²) in [5, 5.41) is 0. The van der Waals surface area contributed by atoms with Gasteiger partial charge in [-0.3, -0.25) is 9.52 Å². The van der Waals surface area contributed by atoms with E-state index < -0.39 is 26.2 Å². The molecule has 2 atom stereocenters. The van der Waals surface area contributed by atoms with Gasteiger partial charge in [-0.05, 0) is 32.1 Å². The lowest BCUT2D eigenvalue weighted by molar-refractivity contribution is -0.121. The van der Waals surface area contributed by atoms with E-state index in [0.717, 1.165) is 6.42 Å². The Morgan fingerprint density at radius 1 is 1.47 bits per heavy atom. The molecule has 0 heterocycles. The van der Waals surface area contributed by atoms with Crippen LogP contribution in [-0.4, -0.2) is 24.6 Å². The number of sulfonamides is 1. The molecule has 3 N–H and O–H groups in total. The van der Waals surface area contributed by atoms with Gasteiger partial charge in [-0.1, -0.05) is 13.3 Å². The molecule has 1 amide bonds. The number of hydrogen-bond donors (Lipinski definition) is 2. The van der Waals surface area contributed by atoms with E-state index in [-0.39, 0.29) is 18.3 Å². The van der Waals surface area contributed by atoms with Crippen LogP contribution in [0.1, 0.15) is 39.5 Å². The van der Waals surface area contributed by atoms with Crippen LogP contribution < -0.4 is 10.5 Å². The number of nitrogens with two attached hydrogens (primary N) is 1. The Labute approximate surface area is 108 Å². The Morgan fingerprint density at radius 2 is 2.00 bits per heavy atom. The molecule has 2 saturated carbocycles. The average molecular weight is 283 g/mol. The van der Waals surface area contributed by atoms with Gasteiger partial charge in [0.25, 0.3) is 5.91 Å². The lowest BCUT2D eigenvalue weighted by Crippen LogP contribution is -2.49. The fourth-order valence-electron chi connectivity index (χ4n) is 1.92. The molecule has 5 nitrogen and oxygen atoms in total. The topological polar surface area (TPSA) is 89.3 Å². The maximum atomic E-state index is 11.8. The zero-order valence-corrected chi connectivity index (χ0v) is 11.7. The summed E-state index contributed by atoms with van der Waals surface area (Å²) in [6.07, 6.45) is 2.62. The number of hydrogen-bond acceptors (Lipinski definition) is 4. The van der Waals surface area contributed by atoms with Crippen molar-refractivity contribution in [3.8, 4) is 0 Å². The monoisotopic (exact) mass is 282 g/mol. The molecule has 100 valence electrons. The van der Waals surface area contributed by atoms with Crippen molar-refractivity contribution in [3.63, 3.8) is 0 Å². The van der Waals surface area contributed by atoms with Crippen LogP contribution in [0.2, 0.25) is 0 Å². The first-order valence-corrected chi connectivity index (χ1v) is 7.09. The molecule has 0 saturated heterocycles. The fourth-order valence-corrected chi connectivity index (χ4v) is 3.24. The second-order valence-electron chi connectivity index (χ2n) is 5.23. The molecular weight excluding hydrogens is 264 g/mol. The molecule has 0 bridgehead atoms. The quantitative estimate of drug-likeness (QED) is 0.787. The number of nitrogens with one attached hydrogen (secondary N) is 1. The van der Waals surface area contributed by atoms with Crippen molar-refractivity contribution < 1.29 is 13.2 Å². The van der Waals surface area contributed by atoms with Gasteiger partial charge >= 0.3 is 0 Å². The van der Waals surface area contributed by atoms with Gasteiger partial charge in [-0.15, -0.1) is 12.4 Å². The summed E-state index contributed by atoms with van der Waals surface area (Å²) >= 11 is 0. The third-order valence-electron chi connectivity index (χ3n) is 3.90. The minimum Gasteiger partial charge on any atom is -0.317 e. The largest absolute Gasteiger partial charge is 0.317 e. The maximum absolute atomic E-state index is 11.8. The van der Waals surface area contributed by atoms with Gasteiger partial charge in [0, 0.05) is 0 Å². The summed E-state index contributed by atoms with van der Waals surface area (Å²) in [7, 11) is -3.54. The third kappa shape index (κ3) is 2.30. The van der Waals surface area contributed by atoms with Gasteiger partial charge in [0.05, 0.1) is 10.3 Å². The minimum atomic E-state index is -3.54. The van der Waals surface area contributed by atoms with Crippen LogP contribution >= 0.6 is 12.4 Å². The molecule has 7 heteroatoms. The Hall–Kier alpha value is -0.330. The smallest absolute Gasteiger partial charge is 0.253 e. The molecule has 0 spiro atoms. The molecule has 2 fully saturated rings. The Morgan fingerprint density at radius 3 is 2.35 bits per heavy atom. The van der Waals surface area contributed by atoms with E-state index in [2.05, 4.69) is 4.72 Å². The summed E-state index contributed by atoms with van der Waals surface area (Å²) in [6, 6.07) is 0. The van der Waals surface area contributed by atoms with E-state index in [9.17, 15) is 13.2 Å². The summed E-state index contributed by atoms with van der Waals surface area (Å²) < 4.78 is 25.0. The van der Waals surface area contributed by atoms with Crippen LogP contribution in [0.4, 0.5) is 0 Å². The molecule has 2 aliphatic rings. The predicted octanol–water partition coefficient (Wildman–Crippen LogP) is 0.534. The van der Waals surface area contributed by atoms with Crippen molar-refractivity contribution in [1.82, 2.24) is 4.72 Å². The van der Waals surface area contributed by atoms with Crippen LogP contribution in [0.5, 0.6) is 0 Å². The molecule has 0 aromatic rings. The van der Waals surface area contributed by atoms with Crippen molar-refractivity contribution in [2.24, 2.45) is 11.7 Å². The molecule has 0 aromatic carbocycles. The third-order valence-corrected chi connectivity index (χ3v) is 6.06. The van der Waals surface area contributed by atoms with Crippen LogP contribution in [0.15, 0.2) is 0 Å². The van der Waals surface area contributed by atoms with Gasteiger partial charge in [0.15, 0.2) is 0 Å². The van der Waals surface area contributed by atoms with Gasteiger partial charge < -0.3 is 5.73 Å². The van der Waals surface area contributed by atoms with Crippen LogP contribution in [0.25, 0.3) is 0 Å². The fraction of sp³-hybridized carbons (Fsp3) is 0.900. The van der Waals surface area contributed by atoms with Crippen molar-refractivity contribution in [1.29, 1.82) is 0 Å². The number of amides is 1. The van der Waals surface area contributed by atoms with E-state index in [1.54, 1.807) is 6.92 Å². The van der Waals surface area contributed by atoms with Gasteiger partial charge in [-0.2, -0.15) is 0 Å². The normalized spacial score (nSPS) is 33.5. The molecule has 0 radical (unpaired) electrons. The number of carbonyl (C=O) groups excluding carboxylic acids is 1. The first-order chi connectivity index (χ1) is 7.25. The highest BCUT2D eigenvalue weighted by molar-refractivity contribution is 7.91. The van der Waals surface area contributed by atoms with E-state index in [1.165, 1.54) is 0 Å². The average Bonchev–Trinajstić information content (AvgIpc) is 3.04. The highest BCUT2D eigenvalue weighted by Crippen LogP contribution is 2.45. The van der Waals surface area contributed by atoms with Gasteiger partial charge in [-0.25, -0.2) is 8.42 Å². The first-order valence-electron chi connectivity index (χ1n) is 5.61. The first kappa shape index (κ1) is 14.7. The molecule has 17 heavy (non-hydrogen) atoms. The van der Waals surface area contributed by atoms with Crippen molar-refractivity contribution in [2.45, 2.75) is 49.8 Å². The highest BCUT2D eigenvalue weighted by Gasteiger charge is 2.59. The second-order valence-corrected chi connectivity index (χ2v) is 7.43. The van der Waals surface area contributed by atoms with E-state index in [4.69, 9.17) is 5.73 Å². The summed E-state index contributed by atoms with van der Waals surface area (Å²) in [4.78, 5) is 11.8. The maximum Gasteiger partial charge on any atom is 0.253 e. The lowest BCUT2D eigenvalue weighted by atomic mass is 10.2. The van der Waals surface area contributed by atoms with Gasteiger partial charge in [0.2, 0.25) is 10.0 Å².